The molecule has 0 aromatic heterocycles. The van der Waals surface area contributed by atoms with Crippen LogP contribution in [-0.2, 0) is 14.8 Å². The van der Waals surface area contributed by atoms with Crippen LogP contribution in [0.5, 0.6) is 0 Å². The van der Waals surface area contributed by atoms with Crippen molar-refractivity contribution >= 4 is 21.4 Å². The van der Waals surface area contributed by atoms with Crippen LogP contribution in [-0.4, -0.2) is 52.6 Å². The van der Waals surface area contributed by atoms with Crippen LogP contribution in [0.25, 0.3) is 0 Å². The number of nitrogen functional groups attached to an aromatic ring is 1. The van der Waals surface area contributed by atoms with Crippen molar-refractivity contribution in [2.45, 2.75) is 24.3 Å². The highest BCUT2D eigenvalue weighted by Crippen LogP contribution is 2.31. The van der Waals surface area contributed by atoms with Crippen LogP contribution in [0.15, 0.2) is 23.1 Å². The summed E-state index contributed by atoms with van der Waals surface area (Å²) in [6.07, 6.45) is 0.995. The van der Waals surface area contributed by atoms with E-state index in [0.717, 1.165) is 18.7 Å². The zero-order valence-corrected chi connectivity index (χ0v) is 13.6. The first kappa shape index (κ1) is 16.1. The Bertz CT molecular complexity index is 601. The second kappa shape index (κ2) is 6.21. The zero-order valence-electron chi connectivity index (χ0n) is 12.7. The maximum atomic E-state index is 12.3. The molecule has 0 amide bonds. The third-order valence-electron chi connectivity index (χ3n) is 3.59. The monoisotopic (exact) mass is 313 g/mol. The number of nitrogens with zero attached hydrogens (tertiary/aromatic N) is 2. The summed E-state index contributed by atoms with van der Waals surface area (Å²) in [6.45, 7) is 4.23. The van der Waals surface area contributed by atoms with Crippen LogP contribution in [0.4, 0.5) is 11.4 Å². The fourth-order valence-electron chi connectivity index (χ4n) is 2.44. The molecule has 1 unspecified atom stereocenters. The number of ether oxygens (including phenoxy) is 1. The Hall–Kier alpha value is -1.31. The highest BCUT2D eigenvalue weighted by atomic mass is 32.2. The fraction of sp³-hybridized carbons (Fsp3) is 0.571. The Balaban J connectivity index is 2.42. The van der Waals surface area contributed by atoms with Gasteiger partial charge in [-0.1, -0.05) is 6.07 Å². The molecule has 1 aromatic rings. The van der Waals surface area contributed by atoms with E-state index in [1.807, 2.05) is 13.0 Å². The minimum atomic E-state index is -3.54. The smallest absolute Gasteiger partial charge is 0.244 e. The first-order valence-corrected chi connectivity index (χ1v) is 8.45. The molecule has 2 N–H and O–H groups in total. The molecule has 0 saturated carbocycles. The predicted octanol–water partition coefficient (Wildman–Crippen LogP) is 1.13. The summed E-state index contributed by atoms with van der Waals surface area (Å²) >= 11 is 0. The predicted molar refractivity (Wildman–Crippen MR) is 84.0 cm³/mol. The normalized spacial score (nSPS) is 20.6. The number of benzene rings is 1. The van der Waals surface area contributed by atoms with Crippen molar-refractivity contribution in [2.24, 2.45) is 0 Å². The van der Waals surface area contributed by atoms with Gasteiger partial charge in [-0.3, -0.25) is 0 Å². The summed E-state index contributed by atoms with van der Waals surface area (Å²) < 4.78 is 31.4. The molecule has 1 aliphatic rings. The lowest BCUT2D eigenvalue weighted by Gasteiger charge is -2.27. The average molecular weight is 313 g/mol. The van der Waals surface area contributed by atoms with Gasteiger partial charge in [0.05, 0.1) is 17.5 Å². The molecule has 1 atom stereocenters. The van der Waals surface area contributed by atoms with Crippen molar-refractivity contribution in [2.75, 3.05) is 44.4 Å². The quantitative estimate of drug-likeness (QED) is 0.847. The Morgan fingerprint density at radius 3 is 2.76 bits per heavy atom. The van der Waals surface area contributed by atoms with E-state index in [2.05, 4.69) is 4.90 Å². The molecule has 1 aromatic carbocycles. The molecule has 1 fully saturated rings. The van der Waals surface area contributed by atoms with E-state index in [4.69, 9.17) is 10.5 Å². The van der Waals surface area contributed by atoms with Crippen molar-refractivity contribution in [1.29, 1.82) is 0 Å². The van der Waals surface area contributed by atoms with Gasteiger partial charge in [0.25, 0.3) is 0 Å². The molecule has 118 valence electrons. The highest BCUT2D eigenvalue weighted by molar-refractivity contribution is 7.89. The van der Waals surface area contributed by atoms with Crippen LogP contribution in [0.1, 0.15) is 13.3 Å². The van der Waals surface area contributed by atoms with Gasteiger partial charge in [0.1, 0.15) is 4.90 Å². The van der Waals surface area contributed by atoms with E-state index >= 15 is 0 Å². The van der Waals surface area contributed by atoms with Gasteiger partial charge in [0.2, 0.25) is 10.0 Å². The molecule has 21 heavy (non-hydrogen) atoms. The molecule has 6 nitrogen and oxygen atoms in total. The number of hydrogen-bond donors (Lipinski definition) is 1. The van der Waals surface area contributed by atoms with E-state index in [1.165, 1.54) is 18.4 Å². The molecule has 1 heterocycles. The van der Waals surface area contributed by atoms with Crippen LogP contribution >= 0.6 is 0 Å². The summed E-state index contributed by atoms with van der Waals surface area (Å²) in [5.41, 5.74) is 7.21. The number of anilines is 2. The van der Waals surface area contributed by atoms with Crippen molar-refractivity contribution in [3.8, 4) is 0 Å². The maximum Gasteiger partial charge on any atom is 0.244 e. The van der Waals surface area contributed by atoms with Crippen molar-refractivity contribution in [3.63, 3.8) is 0 Å². The SMILES string of the molecule is CC1CN(c2cccc(S(=O)(=O)N(C)C)c2N)CCCO1. The van der Waals surface area contributed by atoms with Gasteiger partial charge < -0.3 is 15.4 Å². The number of para-hydroxylation sites is 1. The second-order valence-electron chi connectivity index (χ2n) is 5.46. The van der Waals surface area contributed by atoms with Crippen molar-refractivity contribution in [3.05, 3.63) is 18.2 Å². The van der Waals surface area contributed by atoms with Crippen molar-refractivity contribution < 1.29 is 13.2 Å². The van der Waals surface area contributed by atoms with Gasteiger partial charge >= 0.3 is 0 Å². The highest BCUT2D eigenvalue weighted by Gasteiger charge is 2.24. The standard InChI is InChI=1S/C14H23N3O3S/c1-11-10-17(8-5-9-20-11)12-6-4-7-13(14(12)15)21(18,19)16(2)3/h4,6-7,11H,5,8-10,15H2,1-3H3. The molecule has 2 rings (SSSR count). The van der Waals surface area contributed by atoms with E-state index in [0.29, 0.717) is 18.8 Å². The van der Waals surface area contributed by atoms with Gasteiger partial charge in [-0.2, -0.15) is 0 Å². The molecule has 1 aliphatic heterocycles. The van der Waals surface area contributed by atoms with Gasteiger partial charge in [-0.25, -0.2) is 12.7 Å². The van der Waals surface area contributed by atoms with Crippen LogP contribution in [0.2, 0.25) is 0 Å². The molecule has 1 saturated heterocycles. The number of sulfonamides is 1. The maximum absolute atomic E-state index is 12.3. The summed E-state index contributed by atoms with van der Waals surface area (Å²) in [7, 11) is -0.534. The van der Waals surface area contributed by atoms with Gasteiger partial charge in [-0.15, -0.1) is 0 Å². The lowest BCUT2D eigenvalue weighted by molar-refractivity contribution is 0.0821. The molecular formula is C14H23N3O3S. The van der Waals surface area contributed by atoms with E-state index in [-0.39, 0.29) is 11.0 Å². The van der Waals surface area contributed by atoms with Crippen LogP contribution in [0.3, 0.4) is 0 Å². The lowest BCUT2D eigenvalue weighted by atomic mass is 10.2. The van der Waals surface area contributed by atoms with Gasteiger partial charge in [0, 0.05) is 33.8 Å². The molecule has 7 heteroatoms. The lowest BCUT2D eigenvalue weighted by Crippen LogP contribution is -2.31. The van der Waals surface area contributed by atoms with Crippen LogP contribution in [0, 0.1) is 0 Å². The largest absolute Gasteiger partial charge is 0.396 e. The van der Waals surface area contributed by atoms with E-state index in [9.17, 15) is 8.42 Å². The van der Waals surface area contributed by atoms with E-state index in [1.54, 1.807) is 12.1 Å². The minimum absolute atomic E-state index is 0.0982. The van der Waals surface area contributed by atoms with Gasteiger partial charge in [0.15, 0.2) is 0 Å². The second-order valence-corrected chi connectivity index (χ2v) is 7.58. The van der Waals surface area contributed by atoms with Gasteiger partial charge in [-0.05, 0) is 25.5 Å². The summed E-state index contributed by atoms with van der Waals surface area (Å²) in [4.78, 5) is 2.25. The Morgan fingerprint density at radius 2 is 2.10 bits per heavy atom. The third-order valence-corrected chi connectivity index (χ3v) is 5.47. The molecule has 0 aliphatic carbocycles. The number of hydrogen-bond acceptors (Lipinski definition) is 5. The Labute approximate surface area is 126 Å². The Morgan fingerprint density at radius 1 is 1.38 bits per heavy atom. The first-order valence-electron chi connectivity index (χ1n) is 7.01. The third kappa shape index (κ3) is 3.30. The summed E-state index contributed by atoms with van der Waals surface area (Å²) in [5.74, 6) is 0. The molecule has 0 radical (unpaired) electrons. The van der Waals surface area contributed by atoms with Crippen molar-refractivity contribution in [1.82, 2.24) is 4.31 Å². The number of nitrogens with two attached hydrogens (primary N) is 1. The summed E-state index contributed by atoms with van der Waals surface area (Å²) in [6, 6.07) is 5.15. The minimum Gasteiger partial charge on any atom is -0.396 e. The number of rotatable bonds is 3. The Kier molecular flexibility index (Phi) is 4.75. The zero-order chi connectivity index (χ0) is 15.6. The van der Waals surface area contributed by atoms with E-state index < -0.39 is 10.0 Å². The average Bonchev–Trinajstić information content (AvgIpc) is 2.63. The molecular weight excluding hydrogens is 290 g/mol. The molecule has 0 spiro atoms. The topological polar surface area (TPSA) is 75.9 Å². The molecule has 0 bridgehead atoms. The first-order chi connectivity index (χ1) is 9.84. The van der Waals surface area contributed by atoms with Crippen LogP contribution < -0.4 is 10.6 Å². The fourth-order valence-corrected chi connectivity index (χ4v) is 3.47. The summed E-state index contributed by atoms with van der Waals surface area (Å²) in [5, 5.41) is 0.